The van der Waals surface area contributed by atoms with E-state index >= 15 is 0 Å². The van der Waals surface area contributed by atoms with Crippen molar-refractivity contribution in [3.63, 3.8) is 0 Å². The molecule has 0 aromatic heterocycles. The van der Waals surface area contributed by atoms with E-state index in [-0.39, 0.29) is 0 Å². The third-order valence-corrected chi connectivity index (χ3v) is 3.28. The number of aliphatic carboxylic acids is 1. The van der Waals surface area contributed by atoms with E-state index in [1.165, 1.54) is 0 Å². The fourth-order valence-corrected chi connectivity index (χ4v) is 2.44. The predicted molar refractivity (Wildman–Crippen MR) is 62.2 cm³/mol. The smallest absolute Gasteiger partial charge is 0.337 e. The van der Waals surface area contributed by atoms with Gasteiger partial charge in [-0.15, -0.1) is 0 Å². The van der Waals surface area contributed by atoms with Gasteiger partial charge in [-0.05, 0) is 48.4 Å². The van der Waals surface area contributed by atoms with Crippen molar-refractivity contribution in [2.45, 2.75) is 31.8 Å². The average Bonchev–Trinajstić information content (AvgIpc) is 2.36. The third-order valence-electron chi connectivity index (χ3n) is 3.28. The molecule has 2 rings (SSSR count). The monoisotopic (exact) mass is 236 g/mol. The molecule has 92 valence electrons. The third kappa shape index (κ3) is 2.13. The summed E-state index contributed by atoms with van der Waals surface area (Å²) in [6, 6.07) is 3.40. The van der Waals surface area contributed by atoms with Crippen LogP contribution in [0.25, 0.3) is 0 Å². The van der Waals surface area contributed by atoms with Crippen LogP contribution in [-0.2, 0) is 17.6 Å². The maximum Gasteiger partial charge on any atom is 0.337 e. The van der Waals surface area contributed by atoms with Crippen LogP contribution in [0.15, 0.2) is 12.1 Å². The van der Waals surface area contributed by atoms with Crippen LogP contribution in [0.2, 0.25) is 0 Å². The minimum Gasteiger partial charge on any atom is -0.496 e. The van der Waals surface area contributed by atoms with E-state index < -0.39 is 12.1 Å². The van der Waals surface area contributed by atoms with Crippen LogP contribution < -0.4 is 4.74 Å². The lowest BCUT2D eigenvalue weighted by Crippen LogP contribution is -2.16. The Bertz CT molecular complexity index is 439. The van der Waals surface area contributed by atoms with E-state index in [4.69, 9.17) is 9.84 Å². The first-order valence-electron chi connectivity index (χ1n) is 5.74. The second kappa shape index (κ2) is 4.75. The van der Waals surface area contributed by atoms with Crippen molar-refractivity contribution in [3.8, 4) is 5.75 Å². The second-order valence-electron chi connectivity index (χ2n) is 4.26. The SMILES string of the molecule is COc1ccc(C(O)C(=O)O)c2c1CCCC2. The van der Waals surface area contributed by atoms with Gasteiger partial charge in [0.05, 0.1) is 7.11 Å². The maximum absolute atomic E-state index is 10.9. The van der Waals surface area contributed by atoms with Crippen molar-refractivity contribution < 1.29 is 19.7 Å². The highest BCUT2D eigenvalue weighted by atomic mass is 16.5. The fraction of sp³-hybridized carbons (Fsp3) is 0.462. The van der Waals surface area contributed by atoms with Gasteiger partial charge in [0, 0.05) is 0 Å². The Morgan fingerprint density at radius 1 is 1.29 bits per heavy atom. The summed E-state index contributed by atoms with van der Waals surface area (Å²) in [6.07, 6.45) is 2.37. The van der Waals surface area contributed by atoms with Gasteiger partial charge in [-0.1, -0.05) is 6.07 Å². The van der Waals surface area contributed by atoms with Crippen molar-refractivity contribution >= 4 is 5.97 Å². The molecule has 4 nitrogen and oxygen atoms in total. The number of carbonyl (C=O) groups is 1. The summed E-state index contributed by atoms with van der Waals surface area (Å²) in [6.45, 7) is 0. The number of rotatable bonds is 3. The molecule has 2 N–H and O–H groups in total. The molecule has 4 heteroatoms. The van der Waals surface area contributed by atoms with Gasteiger partial charge in [0.2, 0.25) is 0 Å². The normalized spacial score (nSPS) is 16.1. The average molecular weight is 236 g/mol. The predicted octanol–water partition coefficient (Wildman–Crippen LogP) is 1.69. The number of fused-ring (bicyclic) bond motifs is 1. The van der Waals surface area contributed by atoms with Crippen molar-refractivity contribution in [1.29, 1.82) is 0 Å². The zero-order valence-corrected chi connectivity index (χ0v) is 9.77. The van der Waals surface area contributed by atoms with Gasteiger partial charge in [0.15, 0.2) is 6.10 Å². The zero-order chi connectivity index (χ0) is 12.4. The Morgan fingerprint density at radius 2 is 1.94 bits per heavy atom. The Morgan fingerprint density at radius 3 is 2.53 bits per heavy atom. The Balaban J connectivity index is 2.51. The summed E-state index contributed by atoms with van der Waals surface area (Å²) < 4.78 is 5.28. The molecule has 0 amide bonds. The first kappa shape index (κ1) is 11.9. The van der Waals surface area contributed by atoms with Gasteiger partial charge in [0.1, 0.15) is 5.75 Å². The summed E-state index contributed by atoms with van der Waals surface area (Å²) in [5.41, 5.74) is 2.51. The summed E-state index contributed by atoms with van der Waals surface area (Å²) in [4.78, 5) is 10.9. The van der Waals surface area contributed by atoms with Crippen LogP contribution in [0.1, 0.15) is 35.6 Å². The van der Waals surface area contributed by atoms with Gasteiger partial charge < -0.3 is 14.9 Å². The molecule has 1 aliphatic rings. The topological polar surface area (TPSA) is 66.8 Å². The lowest BCUT2D eigenvalue weighted by Gasteiger charge is -2.23. The van der Waals surface area contributed by atoms with Crippen molar-refractivity contribution in [3.05, 3.63) is 28.8 Å². The number of aliphatic hydroxyl groups is 1. The molecule has 1 unspecified atom stereocenters. The lowest BCUT2D eigenvalue weighted by atomic mass is 9.86. The number of hydrogen-bond donors (Lipinski definition) is 2. The number of ether oxygens (including phenoxy) is 1. The van der Waals surface area contributed by atoms with E-state index in [9.17, 15) is 9.90 Å². The number of hydrogen-bond acceptors (Lipinski definition) is 3. The van der Waals surface area contributed by atoms with E-state index in [2.05, 4.69) is 0 Å². The zero-order valence-electron chi connectivity index (χ0n) is 9.77. The van der Waals surface area contributed by atoms with E-state index in [1.807, 2.05) is 0 Å². The highest BCUT2D eigenvalue weighted by Gasteiger charge is 2.24. The minimum absolute atomic E-state index is 0.507. The molecule has 0 fully saturated rings. The molecule has 0 spiro atoms. The van der Waals surface area contributed by atoms with E-state index in [1.54, 1.807) is 19.2 Å². The van der Waals surface area contributed by atoms with Crippen molar-refractivity contribution in [1.82, 2.24) is 0 Å². The summed E-state index contributed by atoms with van der Waals surface area (Å²) >= 11 is 0. The van der Waals surface area contributed by atoms with E-state index in [0.717, 1.165) is 42.6 Å². The quantitative estimate of drug-likeness (QED) is 0.838. The standard InChI is InChI=1S/C13H16O4/c1-17-11-7-6-10(12(14)13(15)16)8-4-2-3-5-9(8)11/h6-7,12,14H,2-5H2,1H3,(H,15,16). The molecule has 0 heterocycles. The molecule has 1 aromatic rings. The highest BCUT2D eigenvalue weighted by molar-refractivity contribution is 5.75. The molecule has 1 aliphatic carbocycles. The lowest BCUT2D eigenvalue weighted by molar-refractivity contribution is -0.147. The van der Waals surface area contributed by atoms with Gasteiger partial charge >= 0.3 is 5.97 Å². The molecular weight excluding hydrogens is 220 g/mol. The van der Waals surface area contributed by atoms with Crippen LogP contribution in [-0.4, -0.2) is 23.3 Å². The van der Waals surface area contributed by atoms with Gasteiger partial charge in [-0.25, -0.2) is 4.79 Å². The largest absolute Gasteiger partial charge is 0.496 e. The summed E-state index contributed by atoms with van der Waals surface area (Å²) in [5, 5.41) is 18.6. The second-order valence-corrected chi connectivity index (χ2v) is 4.26. The summed E-state index contributed by atoms with van der Waals surface area (Å²) in [7, 11) is 1.61. The van der Waals surface area contributed by atoms with E-state index in [0.29, 0.717) is 5.56 Å². The molecule has 0 saturated carbocycles. The van der Waals surface area contributed by atoms with Crippen molar-refractivity contribution in [2.24, 2.45) is 0 Å². The molecule has 17 heavy (non-hydrogen) atoms. The van der Waals surface area contributed by atoms with Crippen LogP contribution in [0.3, 0.4) is 0 Å². The number of benzene rings is 1. The number of methoxy groups -OCH3 is 1. The van der Waals surface area contributed by atoms with Gasteiger partial charge in [0.25, 0.3) is 0 Å². The minimum atomic E-state index is -1.44. The van der Waals surface area contributed by atoms with Gasteiger partial charge in [-0.2, -0.15) is 0 Å². The van der Waals surface area contributed by atoms with Crippen LogP contribution in [0.5, 0.6) is 5.75 Å². The molecule has 0 radical (unpaired) electrons. The molecule has 0 bridgehead atoms. The van der Waals surface area contributed by atoms with Crippen molar-refractivity contribution in [2.75, 3.05) is 7.11 Å². The molecule has 0 aliphatic heterocycles. The fourth-order valence-electron chi connectivity index (χ4n) is 2.44. The van der Waals surface area contributed by atoms with Crippen LogP contribution in [0, 0.1) is 0 Å². The van der Waals surface area contributed by atoms with Gasteiger partial charge in [-0.3, -0.25) is 0 Å². The van der Waals surface area contributed by atoms with Crippen LogP contribution >= 0.6 is 0 Å². The van der Waals surface area contributed by atoms with Crippen LogP contribution in [0.4, 0.5) is 0 Å². The molecule has 1 atom stereocenters. The first-order chi connectivity index (χ1) is 8.15. The maximum atomic E-state index is 10.9. The number of carboxylic acids is 1. The molecule has 0 saturated heterocycles. The Labute approximate surface area is 99.8 Å². The Kier molecular flexibility index (Phi) is 3.33. The molecule has 1 aromatic carbocycles. The molecular formula is C13H16O4. The Hall–Kier alpha value is -1.55. The highest BCUT2D eigenvalue weighted by Crippen LogP contribution is 2.34. The summed E-state index contributed by atoms with van der Waals surface area (Å²) in [5.74, 6) is -0.413. The first-order valence-corrected chi connectivity index (χ1v) is 5.74. The number of aliphatic hydroxyl groups excluding tert-OH is 1. The number of carboxylic acid groups (broad SMARTS) is 1.